The van der Waals surface area contributed by atoms with Crippen LogP contribution in [0.1, 0.15) is 20.8 Å². The van der Waals surface area contributed by atoms with E-state index < -0.39 is 15.7 Å². The molecular weight excluding hydrogens is 260 g/mol. The summed E-state index contributed by atoms with van der Waals surface area (Å²) in [4.78, 5) is 13.3. The second kappa shape index (κ2) is 5.41. The molecule has 18 heavy (non-hydrogen) atoms. The van der Waals surface area contributed by atoms with Gasteiger partial charge in [-0.1, -0.05) is 0 Å². The van der Waals surface area contributed by atoms with Crippen molar-refractivity contribution in [2.75, 3.05) is 32.4 Å². The monoisotopic (exact) mass is 280 g/mol. The molecule has 0 unspecified atom stereocenters. The van der Waals surface area contributed by atoms with Crippen LogP contribution in [0.4, 0.5) is 4.79 Å². The Morgan fingerprint density at radius 2 is 1.61 bits per heavy atom. The molecule has 1 amide bonds. The standard InChI is InChI=1S/C10H20N2O5S/c1-10(2,3)16-9(13)11-5-7-12(8-6-11)17-18(4,14)15/h5-8H2,1-4H3. The highest BCUT2D eigenvalue weighted by Crippen LogP contribution is 2.12. The number of rotatable bonds is 2. The number of hydroxylamine groups is 2. The molecule has 106 valence electrons. The van der Waals surface area contributed by atoms with Crippen molar-refractivity contribution in [2.24, 2.45) is 0 Å². The van der Waals surface area contributed by atoms with Crippen LogP contribution in [0, 0.1) is 0 Å². The Bertz CT molecular complexity index is 393. The summed E-state index contributed by atoms with van der Waals surface area (Å²) in [5.41, 5.74) is -0.530. The SMILES string of the molecule is CC(C)(C)OC(=O)N1CCN(OS(C)(=O)=O)CC1. The van der Waals surface area contributed by atoms with Crippen molar-refractivity contribution >= 4 is 16.2 Å². The summed E-state index contributed by atoms with van der Waals surface area (Å²) in [6, 6.07) is 0. The summed E-state index contributed by atoms with van der Waals surface area (Å²) in [5, 5.41) is 1.33. The van der Waals surface area contributed by atoms with Crippen LogP contribution in [0.15, 0.2) is 0 Å². The van der Waals surface area contributed by atoms with Gasteiger partial charge in [0.1, 0.15) is 5.60 Å². The lowest BCUT2D eigenvalue weighted by atomic mass is 10.2. The van der Waals surface area contributed by atoms with Crippen LogP contribution in [0.25, 0.3) is 0 Å². The maximum absolute atomic E-state index is 11.7. The quantitative estimate of drug-likeness (QED) is 0.730. The number of hydrogen-bond acceptors (Lipinski definition) is 6. The molecule has 0 spiro atoms. The van der Waals surface area contributed by atoms with Crippen molar-refractivity contribution in [3.8, 4) is 0 Å². The first kappa shape index (κ1) is 15.2. The van der Waals surface area contributed by atoms with Gasteiger partial charge in [0.05, 0.1) is 6.26 Å². The lowest BCUT2D eigenvalue weighted by Crippen LogP contribution is -2.50. The smallest absolute Gasteiger partial charge is 0.410 e. The molecular formula is C10H20N2O5S. The van der Waals surface area contributed by atoms with E-state index in [0.29, 0.717) is 26.2 Å². The Hall–Kier alpha value is -0.860. The van der Waals surface area contributed by atoms with E-state index in [1.165, 1.54) is 9.96 Å². The molecule has 0 aliphatic carbocycles. The molecule has 7 nitrogen and oxygen atoms in total. The zero-order valence-corrected chi connectivity index (χ0v) is 12.0. The van der Waals surface area contributed by atoms with E-state index in [4.69, 9.17) is 9.02 Å². The summed E-state index contributed by atoms with van der Waals surface area (Å²) in [6.45, 7) is 6.84. The first-order valence-corrected chi connectivity index (χ1v) is 7.51. The predicted octanol–water partition coefficient (Wildman–Crippen LogP) is 0.430. The lowest BCUT2D eigenvalue weighted by Gasteiger charge is -2.34. The number of ether oxygens (including phenoxy) is 1. The number of hydrogen-bond donors (Lipinski definition) is 0. The highest BCUT2D eigenvalue weighted by molar-refractivity contribution is 7.85. The summed E-state index contributed by atoms with van der Waals surface area (Å²) < 4.78 is 31.8. The van der Waals surface area contributed by atoms with Crippen LogP contribution in [-0.2, 0) is 19.1 Å². The molecule has 1 aliphatic rings. The number of carbonyl (C=O) groups is 1. The van der Waals surface area contributed by atoms with Gasteiger partial charge in [0.15, 0.2) is 0 Å². The van der Waals surface area contributed by atoms with Gasteiger partial charge in [-0.05, 0) is 20.8 Å². The molecule has 0 aromatic rings. The molecule has 1 heterocycles. The Morgan fingerprint density at radius 1 is 1.11 bits per heavy atom. The number of amides is 1. The molecule has 0 radical (unpaired) electrons. The fourth-order valence-electron chi connectivity index (χ4n) is 1.46. The third-order valence-corrected chi connectivity index (χ3v) is 2.61. The Labute approximate surface area is 108 Å². The molecule has 0 saturated carbocycles. The van der Waals surface area contributed by atoms with E-state index in [-0.39, 0.29) is 6.09 Å². The highest BCUT2D eigenvalue weighted by atomic mass is 32.2. The molecule has 0 bridgehead atoms. The average Bonchev–Trinajstić information content (AvgIpc) is 2.13. The third kappa shape index (κ3) is 5.65. The minimum Gasteiger partial charge on any atom is -0.444 e. The van der Waals surface area contributed by atoms with Gasteiger partial charge in [-0.15, -0.1) is 0 Å². The van der Waals surface area contributed by atoms with E-state index in [1.54, 1.807) is 20.8 Å². The molecule has 0 atom stereocenters. The summed E-state index contributed by atoms with van der Waals surface area (Å²) in [7, 11) is -3.50. The van der Waals surface area contributed by atoms with Gasteiger partial charge in [0.25, 0.3) is 10.1 Å². The predicted molar refractivity (Wildman–Crippen MR) is 65.3 cm³/mol. The average molecular weight is 280 g/mol. The minimum atomic E-state index is -3.50. The van der Waals surface area contributed by atoms with Crippen LogP contribution in [0.2, 0.25) is 0 Å². The van der Waals surface area contributed by atoms with E-state index in [0.717, 1.165) is 6.26 Å². The van der Waals surface area contributed by atoms with Crippen LogP contribution in [0.3, 0.4) is 0 Å². The second-order valence-corrected chi connectivity index (χ2v) is 6.73. The summed E-state index contributed by atoms with van der Waals surface area (Å²) >= 11 is 0. The van der Waals surface area contributed by atoms with Crippen LogP contribution in [0.5, 0.6) is 0 Å². The second-order valence-electron chi connectivity index (χ2n) is 5.18. The number of nitrogens with zero attached hydrogens (tertiary/aromatic N) is 2. The first-order valence-electron chi connectivity index (χ1n) is 5.69. The highest BCUT2D eigenvalue weighted by Gasteiger charge is 2.27. The van der Waals surface area contributed by atoms with Crippen LogP contribution >= 0.6 is 0 Å². The van der Waals surface area contributed by atoms with Crippen molar-refractivity contribution in [3.63, 3.8) is 0 Å². The van der Waals surface area contributed by atoms with Gasteiger partial charge in [-0.25, -0.2) is 4.79 Å². The van der Waals surface area contributed by atoms with Crippen molar-refractivity contribution in [3.05, 3.63) is 0 Å². The lowest BCUT2D eigenvalue weighted by molar-refractivity contribution is -0.0827. The summed E-state index contributed by atoms with van der Waals surface area (Å²) in [6.07, 6.45) is 0.606. The van der Waals surface area contributed by atoms with Gasteiger partial charge in [-0.2, -0.15) is 17.8 Å². The van der Waals surface area contributed by atoms with Crippen molar-refractivity contribution in [1.82, 2.24) is 9.96 Å². The van der Waals surface area contributed by atoms with E-state index >= 15 is 0 Å². The molecule has 1 saturated heterocycles. The normalized spacial score (nSPS) is 18.8. The van der Waals surface area contributed by atoms with Gasteiger partial charge in [0.2, 0.25) is 0 Å². The van der Waals surface area contributed by atoms with Crippen molar-refractivity contribution in [2.45, 2.75) is 26.4 Å². The Morgan fingerprint density at radius 3 is 2.00 bits per heavy atom. The van der Waals surface area contributed by atoms with Gasteiger partial charge in [-0.3, -0.25) is 0 Å². The topological polar surface area (TPSA) is 76.2 Å². The molecule has 1 aliphatic heterocycles. The largest absolute Gasteiger partial charge is 0.444 e. The minimum absolute atomic E-state index is 0.340. The van der Waals surface area contributed by atoms with Crippen LogP contribution in [-0.4, -0.2) is 62.5 Å². The van der Waals surface area contributed by atoms with E-state index in [9.17, 15) is 13.2 Å². The molecule has 1 fully saturated rings. The fraction of sp³-hybridized carbons (Fsp3) is 0.900. The molecule has 0 aromatic carbocycles. The Kier molecular flexibility index (Phi) is 4.57. The Balaban J connectivity index is 2.42. The molecule has 1 rings (SSSR count). The van der Waals surface area contributed by atoms with Crippen molar-refractivity contribution in [1.29, 1.82) is 0 Å². The van der Waals surface area contributed by atoms with Gasteiger partial charge >= 0.3 is 6.09 Å². The van der Waals surface area contributed by atoms with Gasteiger partial charge in [0, 0.05) is 26.2 Å². The maximum atomic E-state index is 11.7. The van der Waals surface area contributed by atoms with E-state index in [2.05, 4.69) is 0 Å². The molecule has 8 heteroatoms. The van der Waals surface area contributed by atoms with Crippen LogP contribution < -0.4 is 0 Å². The zero-order chi connectivity index (χ0) is 14.0. The van der Waals surface area contributed by atoms with Gasteiger partial charge < -0.3 is 9.64 Å². The maximum Gasteiger partial charge on any atom is 0.410 e. The summed E-state index contributed by atoms with van der Waals surface area (Å²) in [5.74, 6) is 0. The molecule has 0 aromatic heterocycles. The number of carbonyl (C=O) groups excluding carboxylic acids is 1. The third-order valence-electron chi connectivity index (χ3n) is 2.13. The number of piperazine rings is 1. The molecule has 0 N–H and O–H groups in total. The first-order chi connectivity index (χ1) is 8.07. The van der Waals surface area contributed by atoms with E-state index in [1.807, 2.05) is 0 Å². The zero-order valence-electron chi connectivity index (χ0n) is 11.2. The fourth-order valence-corrected chi connectivity index (χ4v) is 2.00. The van der Waals surface area contributed by atoms with Crippen molar-refractivity contribution < 1.29 is 22.2 Å².